The Morgan fingerprint density at radius 3 is 2.18 bits per heavy atom. The van der Waals surface area contributed by atoms with Crippen LogP contribution in [0.4, 0.5) is 0 Å². The van der Waals surface area contributed by atoms with Crippen LogP contribution in [0.3, 0.4) is 0 Å². The molecule has 1 rings (SSSR count). The van der Waals surface area contributed by atoms with Crippen LogP contribution in [0.5, 0.6) is 0 Å². The Hall–Kier alpha value is -0.880. The SMILES string of the molecule is CC(Br)(Cc1ccc(S(C)(=O)=O)cc1)C(=O)O. The topological polar surface area (TPSA) is 71.4 Å². The Morgan fingerprint density at radius 2 is 1.82 bits per heavy atom. The number of benzene rings is 1. The molecule has 0 saturated heterocycles. The summed E-state index contributed by atoms with van der Waals surface area (Å²) in [6, 6.07) is 6.21. The number of hydrogen-bond donors (Lipinski definition) is 1. The molecule has 0 heterocycles. The summed E-state index contributed by atoms with van der Waals surface area (Å²) in [5, 5.41) is 8.94. The molecule has 1 aromatic carbocycles. The first-order chi connectivity index (χ1) is 7.63. The van der Waals surface area contributed by atoms with Crippen LogP contribution in [0.15, 0.2) is 29.2 Å². The lowest BCUT2D eigenvalue weighted by Gasteiger charge is -2.16. The van der Waals surface area contributed by atoms with Gasteiger partial charge in [-0.1, -0.05) is 28.1 Å². The minimum absolute atomic E-state index is 0.229. The lowest BCUT2D eigenvalue weighted by Crippen LogP contribution is -2.30. The van der Waals surface area contributed by atoms with Gasteiger partial charge in [0.05, 0.1) is 4.90 Å². The van der Waals surface area contributed by atoms with E-state index in [9.17, 15) is 13.2 Å². The van der Waals surface area contributed by atoms with Crippen molar-refractivity contribution < 1.29 is 18.3 Å². The van der Waals surface area contributed by atoms with Gasteiger partial charge in [0, 0.05) is 6.26 Å². The summed E-state index contributed by atoms with van der Waals surface area (Å²) in [4.78, 5) is 11.1. The molecule has 0 aliphatic rings. The molecule has 1 unspecified atom stereocenters. The van der Waals surface area contributed by atoms with Crippen molar-refractivity contribution in [3.8, 4) is 0 Å². The van der Waals surface area contributed by atoms with Gasteiger partial charge in [-0.15, -0.1) is 0 Å². The Balaban J connectivity index is 2.94. The number of halogens is 1. The van der Waals surface area contributed by atoms with Crippen molar-refractivity contribution in [1.29, 1.82) is 0 Å². The number of alkyl halides is 1. The van der Waals surface area contributed by atoms with E-state index in [0.717, 1.165) is 11.8 Å². The van der Waals surface area contributed by atoms with E-state index in [-0.39, 0.29) is 11.3 Å². The van der Waals surface area contributed by atoms with Gasteiger partial charge in [-0.3, -0.25) is 4.79 Å². The molecule has 94 valence electrons. The largest absolute Gasteiger partial charge is 0.480 e. The normalized spacial score (nSPS) is 15.2. The molecule has 0 aliphatic carbocycles. The number of aliphatic carboxylic acids is 1. The van der Waals surface area contributed by atoms with E-state index < -0.39 is 20.1 Å². The molecule has 0 bridgehead atoms. The van der Waals surface area contributed by atoms with E-state index in [0.29, 0.717) is 0 Å². The average Bonchev–Trinajstić information content (AvgIpc) is 2.16. The summed E-state index contributed by atoms with van der Waals surface area (Å²) in [6.45, 7) is 1.56. The van der Waals surface area contributed by atoms with Crippen molar-refractivity contribution in [2.24, 2.45) is 0 Å². The maximum absolute atomic E-state index is 11.2. The van der Waals surface area contributed by atoms with Crippen LogP contribution in [0, 0.1) is 0 Å². The third-order valence-electron chi connectivity index (χ3n) is 2.33. The second kappa shape index (κ2) is 4.78. The van der Waals surface area contributed by atoms with Gasteiger partial charge >= 0.3 is 5.97 Å². The van der Waals surface area contributed by atoms with Crippen molar-refractivity contribution in [2.45, 2.75) is 22.6 Å². The molecule has 0 fully saturated rings. The lowest BCUT2D eigenvalue weighted by atomic mass is 10.0. The summed E-state index contributed by atoms with van der Waals surface area (Å²) in [7, 11) is -3.21. The fourth-order valence-electron chi connectivity index (χ4n) is 1.31. The molecule has 0 amide bonds. The highest BCUT2D eigenvalue weighted by molar-refractivity contribution is 9.10. The average molecular weight is 321 g/mol. The van der Waals surface area contributed by atoms with Crippen molar-refractivity contribution in [3.63, 3.8) is 0 Å². The molecule has 1 N–H and O–H groups in total. The van der Waals surface area contributed by atoms with Gasteiger partial charge in [0.15, 0.2) is 9.84 Å². The van der Waals surface area contributed by atoms with Crippen LogP contribution in [-0.4, -0.2) is 30.1 Å². The van der Waals surface area contributed by atoms with E-state index in [1.807, 2.05) is 0 Å². The molecular weight excluding hydrogens is 308 g/mol. The fourth-order valence-corrected chi connectivity index (χ4v) is 2.27. The summed E-state index contributed by atoms with van der Waals surface area (Å²) >= 11 is 3.12. The zero-order valence-corrected chi connectivity index (χ0v) is 11.9. The predicted octanol–water partition coefficient (Wildman–Crippen LogP) is 1.87. The van der Waals surface area contributed by atoms with Crippen LogP contribution in [-0.2, 0) is 21.1 Å². The van der Waals surface area contributed by atoms with Gasteiger partial charge in [0.2, 0.25) is 0 Å². The third-order valence-corrected chi connectivity index (χ3v) is 4.08. The van der Waals surface area contributed by atoms with E-state index in [1.54, 1.807) is 19.1 Å². The first-order valence-corrected chi connectivity index (χ1v) is 7.53. The van der Waals surface area contributed by atoms with Crippen LogP contribution < -0.4 is 0 Å². The van der Waals surface area contributed by atoms with Crippen LogP contribution in [0.25, 0.3) is 0 Å². The molecule has 0 aliphatic heterocycles. The number of hydrogen-bond acceptors (Lipinski definition) is 3. The van der Waals surface area contributed by atoms with E-state index in [2.05, 4.69) is 15.9 Å². The highest BCUT2D eigenvalue weighted by Crippen LogP contribution is 2.24. The summed E-state index contributed by atoms with van der Waals surface area (Å²) in [6.07, 6.45) is 1.42. The van der Waals surface area contributed by atoms with Crippen LogP contribution in [0.1, 0.15) is 12.5 Å². The Labute approximate surface area is 109 Å². The third kappa shape index (κ3) is 3.81. The minimum atomic E-state index is -3.21. The van der Waals surface area contributed by atoms with Crippen LogP contribution in [0.2, 0.25) is 0 Å². The smallest absolute Gasteiger partial charge is 0.320 e. The van der Waals surface area contributed by atoms with Gasteiger partial charge < -0.3 is 5.11 Å². The van der Waals surface area contributed by atoms with Crippen molar-refractivity contribution in [3.05, 3.63) is 29.8 Å². The van der Waals surface area contributed by atoms with Crippen LogP contribution >= 0.6 is 15.9 Å². The van der Waals surface area contributed by atoms with Gasteiger partial charge in [-0.05, 0) is 31.0 Å². The zero-order valence-electron chi connectivity index (χ0n) is 9.47. The van der Waals surface area contributed by atoms with Gasteiger partial charge in [-0.2, -0.15) is 0 Å². The molecule has 0 saturated carbocycles. The monoisotopic (exact) mass is 320 g/mol. The molecule has 0 radical (unpaired) electrons. The maximum atomic E-state index is 11.2. The first kappa shape index (κ1) is 14.2. The maximum Gasteiger partial charge on any atom is 0.320 e. The number of sulfone groups is 1. The molecular formula is C11H13BrO4S. The highest BCUT2D eigenvalue weighted by atomic mass is 79.9. The Morgan fingerprint density at radius 1 is 1.35 bits per heavy atom. The van der Waals surface area contributed by atoms with Gasteiger partial charge in [0.1, 0.15) is 4.32 Å². The summed E-state index contributed by atoms with van der Waals surface area (Å²) < 4.78 is 21.4. The fraction of sp³-hybridized carbons (Fsp3) is 0.364. The van der Waals surface area contributed by atoms with E-state index in [4.69, 9.17) is 5.11 Å². The number of rotatable bonds is 4. The molecule has 17 heavy (non-hydrogen) atoms. The Bertz CT molecular complexity index is 517. The molecule has 6 heteroatoms. The molecule has 0 spiro atoms. The second-order valence-corrected chi connectivity index (χ2v) is 7.86. The molecule has 4 nitrogen and oxygen atoms in total. The van der Waals surface area contributed by atoms with E-state index >= 15 is 0 Å². The number of carbonyl (C=O) groups is 1. The Kier molecular flexibility index (Phi) is 3.99. The number of carboxylic acid groups (broad SMARTS) is 1. The second-order valence-electron chi connectivity index (χ2n) is 4.10. The summed E-state index contributed by atoms with van der Waals surface area (Å²) in [5.74, 6) is -0.954. The first-order valence-electron chi connectivity index (χ1n) is 4.84. The lowest BCUT2D eigenvalue weighted by molar-refractivity contribution is -0.139. The zero-order chi connectivity index (χ0) is 13.3. The quantitative estimate of drug-likeness (QED) is 0.860. The van der Waals surface area contributed by atoms with Gasteiger partial charge in [-0.25, -0.2) is 8.42 Å². The molecule has 1 atom stereocenters. The standard InChI is InChI=1S/C11H13BrO4S/c1-11(12,10(13)14)7-8-3-5-9(6-4-8)17(2,15)16/h3-6H,7H2,1-2H3,(H,13,14). The number of carboxylic acids is 1. The van der Waals surface area contributed by atoms with Crippen molar-refractivity contribution >= 4 is 31.7 Å². The highest BCUT2D eigenvalue weighted by Gasteiger charge is 2.29. The minimum Gasteiger partial charge on any atom is -0.480 e. The molecule has 1 aromatic rings. The van der Waals surface area contributed by atoms with E-state index in [1.165, 1.54) is 12.1 Å². The van der Waals surface area contributed by atoms with Crippen molar-refractivity contribution in [1.82, 2.24) is 0 Å². The molecule has 0 aromatic heterocycles. The van der Waals surface area contributed by atoms with Crippen molar-refractivity contribution in [2.75, 3.05) is 6.26 Å². The predicted molar refractivity (Wildman–Crippen MR) is 68.2 cm³/mol. The van der Waals surface area contributed by atoms with Gasteiger partial charge in [0.25, 0.3) is 0 Å². The summed E-state index contributed by atoms with van der Waals surface area (Å²) in [5.41, 5.74) is 0.763.